The summed E-state index contributed by atoms with van der Waals surface area (Å²) in [5, 5.41) is 10.5. The van der Waals surface area contributed by atoms with E-state index in [1.165, 1.54) is 16.5 Å². The van der Waals surface area contributed by atoms with Crippen LogP contribution >= 0.6 is 0 Å². The van der Waals surface area contributed by atoms with Crippen molar-refractivity contribution < 1.29 is 5.11 Å². The summed E-state index contributed by atoms with van der Waals surface area (Å²) in [6.07, 6.45) is 4.12. The third-order valence-corrected chi connectivity index (χ3v) is 3.84. The van der Waals surface area contributed by atoms with Gasteiger partial charge in [-0.05, 0) is 17.2 Å². The standard InChI is InChI=1S/C19H20N2O/c20-11-16(14-22)10-17-13-21(12-15-6-2-1-3-7-15)19-9-5-4-8-18(17)19/h1-10,13,22H,11-12,14,20H2/b16-10-. The molecule has 0 aliphatic carbocycles. The number of aliphatic hydroxyl groups is 1. The first-order chi connectivity index (χ1) is 10.8. The molecule has 3 N–H and O–H groups in total. The minimum absolute atomic E-state index is 0.00527. The molecule has 0 atom stereocenters. The largest absolute Gasteiger partial charge is 0.392 e. The van der Waals surface area contributed by atoms with Crippen LogP contribution in [0.2, 0.25) is 0 Å². The van der Waals surface area contributed by atoms with Crippen LogP contribution in [0.4, 0.5) is 0 Å². The number of benzene rings is 2. The summed E-state index contributed by atoms with van der Waals surface area (Å²) in [5.41, 5.74) is 10.1. The second-order valence-electron chi connectivity index (χ2n) is 5.38. The maximum atomic E-state index is 9.35. The van der Waals surface area contributed by atoms with Gasteiger partial charge in [0, 0.05) is 35.8 Å². The summed E-state index contributed by atoms with van der Waals surface area (Å²) in [4.78, 5) is 0. The number of para-hydroxylation sites is 1. The molecule has 3 nitrogen and oxygen atoms in total. The summed E-state index contributed by atoms with van der Waals surface area (Å²) in [5.74, 6) is 0. The normalized spacial score (nSPS) is 12.0. The van der Waals surface area contributed by atoms with Gasteiger partial charge in [-0.2, -0.15) is 0 Å². The van der Waals surface area contributed by atoms with Gasteiger partial charge in [-0.25, -0.2) is 0 Å². The van der Waals surface area contributed by atoms with E-state index in [4.69, 9.17) is 5.73 Å². The Hall–Kier alpha value is -2.36. The number of rotatable bonds is 5. The number of fused-ring (bicyclic) bond motifs is 1. The Morgan fingerprint density at radius 3 is 2.50 bits per heavy atom. The third kappa shape index (κ3) is 2.96. The van der Waals surface area contributed by atoms with Crippen LogP contribution in [0.25, 0.3) is 17.0 Å². The van der Waals surface area contributed by atoms with Gasteiger partial charge >= 0.3 is 0 Å². The molecule has 112 valence electrons. The van der Waals surface area contributed by atoms with Gasteiger partial charge in [0.05, 0.1) is 6.61 Å². The second-order valence-corrected chi connectivity index (χ2v) is 5.38. The highest BCUT2D eigenvalue weighted by molar-refractivity contribution is 5.90. The molecule has 3 rings (SSSR count). The van der Waals surface area contributed by atoms with Crippen LogP contribution in [0.15, 0.2) is 66.4 Å². The Morgan fingerprint density at radius 2 is 1.77 bits per heavy atom. The molecule has 1 aromatic heterocycles. The average Bonchev–Trinajstić information content (AvgIpc) is 2.91. The molecular formula is C19H20N2O. The number of nitrogens with zero attached hydrogens (tertiary/aromatic N) is 1. The maximum absolute atomic E-state index is 9.35. The second kappa shape index (κ2) is 6.60. The Balaban J connectivity index is 2.06. The molecule has 0 aliphatic heterocycles. The minimum atomic E-state index is -0.00527. The molecule has 0 spiro atoms. The Bertz CT molecular complexity index is 782. The number of aromatic nitrogens is 1. The van der Waals surface area contributed by atoms with Crippen LogP contribution in [-0.2, 0) is 6.54 Å². The van der Waals surface area contributed by atoms with Crippen LogP contribution in [0, 0.1) is 0 Å². The van der Waals surface area contributed by atoms with Crippen molar-refractivity contribution in [2.24, 2.45) is 5.73 Å². The zero-order chi connectivity index (χ0) is 15.4. The maximum Gasteiger partial charge on any atom is 0.0657 e. The number of nitrogens with two attached hydrogens (primary N) is 1. The van der Waals surface area contributed by atoms with Crippen molar-refractivity contribution >= 4 is 17.0 Å². The predicted molar refractivity (Wildman–Crippen MR) is 91.6 cm³/mol. The summed E-state index contributed by atoms with van der Waals surface area (Å²) in [7, 11) is 0. The van der Waals surface area contributed by atoms with Crippen LogP contribution < -0.4 is 5.73 Å². The van der Waals surface area contributed by atoms with Crippen LogP contribution in [0.3, 0.4) is 0 Å². The molecular weight excluding hydrogens is 272 g/mol. The molecule has 22 heavy (non-hydrogen) atoms. The Labute approximate surface area is 130 Å². The van der Waals surface area contributed by atoms with Crippen molar-refractivity contribution in [3.05, 3.63) is 77.5 Å². The summed E-state index contributed by atoms with van der Waals surface area (Å²) in [6.45, 7) is 1.19. The van der Waals surface area contributed by atoms with Crippen molar-refractivity contribution in [3.63, 3.8) is 0 Å². The number of aliphatic hydroxyl groups excluding tert-OH is 1. The molecule has 3 aromatic rings. The molecule has 3 heteroatoms. The fourth-order valence-electron chi connectivity index (χ4n) is 2.69. The highest BCUT2D eigenvalue weighted by Crippen LogP contribution is 2.24. The first-order valence-corrected chi connectivity index (χ1v) is 7.44. The van der Waals surface area contributed by atoms with Gasteiger partial charge in [-0.1, -0.05) is 54.6 Å². The average molecular weight is 292 g/mol. The molecule has 0 unspecified atom stereocenters. The van der Waals surface area contributed by atoms with Gasteiger partial charge in [0.15, 0.2) is 0 Å². The van der Waals surface area contributed by atoms with Crippen molar-refractivity contribution in [2.45, 2.75) is 6.54 Å². The van der Waals surface area contributed by atoms with Crippen molar-refractivity contribution in [1.29, 1.82) is 0 Å². The van der Waals surface area contributed by atoms with Gasteiger partial charge in [0.1, 0.15) is 0 Å². The first kappa shape index (κ1) is 14.6. The monoisotopic (exact) mass is 292 g/mol. The highest BCUT2D eigenvalue weighted by Gasteiger charge is 2.07. The molecule has 0 fully saturated rings. The fourth-order valence-corrected chi connectivity index (χ4v) is 2.69. The lowest BCUT2D eigenvalue weighted by atomic mass is 10.1. The van der Waals surface area contributed by atoms with Crippen LogP contribution in [-0.4, -0.2) is 22.8 Å². The number of hydrogen-bond acceptors (Lipinski definition) is 2. The minimum Gasteiger partial charge on any atom is -0.392 e. The smallest absolute Gasteiger partial charge is 0.0657 e. The predicted octanol–water partition coefficient (Wildman–Crippen LogP) is 3.02. The lowest BCUT2D eigenvalue weighted by molar-refractivity contribution is 0.330. The molecule has 0 saturated carbocycles. The van der Waals surface area contributed by atoms with E-state index in [-0.39, 0.29) is 6.61 Å². The molecule has 0 radical (unpaired) electrons. The van der Waals surface area contributed by atoms with Crippen LogP contribution in [0.5, 0.6) is 0 Å². The first-order valence-electron chi connectivity index (χ1n) is 7.44. The molecule has 0 amide bonds. The fraction of sp³-hybridized carbons (Fsp3) is 0.158. The summed E-state index contributed by atoms with van der Waals surface area (Å²) >= 11 is 0. The highest BCUT2D eigenvalue weighted by atomic mass is 16.3. The van der Waals surface area contributed by atoms with E-state index in [0.29, 0.717) is 6.54 Å². The van der Waals surface area contributed by atoms with Crippen molar-refractivity contribution in [1.82, 2.24) is 4.57 Å². The Morgan fingerprint density at radius 1 is 1.05 bits per heavy atom. The summed E-state index contributed by atoms with van der Waals surface area (Å²) < 4.78 is 2.24. The van der Waals surface area contributed by atoms with Gasteiger partial charge in [0.25, 0.3) is 0 Å². The van der Waals surface area contributed by atoms with Crippen LogP contribution in [0.1, 0.15) is 11.1 Å². The van der Waals surface area contributed by atoms with E-state index < -0.39 is 0 Å². The molecule has 1 heterocycles. The van der Waals surface area contributed by atoms with Crippen molar-refractivity contribution in [2.75, 3.05) is 13.2 Å². The molecule has 2 aromatic carbocycles. The van der Waals surface area contributed by atoms with Gasteiger partial charge < -0.3 is 15.4 Å². The lowest BCUT2D eigenvalue weighted by Gasteiger charge is -2.05. The zero-order valence-corrected chi connectivity index (χ0v) is 12.4. The van der Waals surface area contributed by atoms with E-state index in [0.717, 1.165) is 17.7 Å². The topological polar surface area (TPSA) is 51.2 Å². The molecule has 0 bridgehead atoms. The van der Waals surface area contributed by atoms with E-state index >= 15 is 0 Å². The van der Waals surface area contributed by atoms with Gasteiger partial charge in [-0.15, -0.1) is 0 Å². The van der Waals surface area contributed by atoms with Gasteiger partial charge in [-0.3, -0.25) is 0 Å². The lowest BCUT2D eigenvalue weighted by Crippen LogP contribution is -2.06. The molecule has 0 saturated heterocycles. The summed E-state index contributed by atoms with van der Waals surface area (Å²) in [6, 6.07) is 18.7. The zero-order valence-electron chi connectivity index (χ0n) is 12.4. The van der Waals surface area contributed by atoms with Gasteiger partial charge in [0.2, 0.25) is 0 Å². The van der Waals surface area contributed by atoms with E-state index in [1.54, 1.807) is 0 Å². The Kier molecular flexibility index (Phi) is 4.37. The third-order valence-electron chi connectivity index (χ3n) is 3.84. The van der Waals surface area contributed by atoms with E-state index in [2.05, 4.69) is 47.2 Å². The quantitative estimate of drug-likeness (QED) is 0.759. The SMILES string of the molecule is NC/C(=C/c1cn(Cc2ccccc2)c2ccccc12)CO. The van der Waals surface area contributed by atoms with E-state index in [9.17, 15) is 5.11 Å². The molecule has 0 aliphatic rings. The number of hydrogen-bond donors (Lipinski definition) is 2. The van der Waals surface area contributed by atoms with Crippen molar-refractivity contribution in [3.8, 4) is 0 Å². The van der Waals surface area contributed by atoms with E-state index in [1.807, 2.05) is 24.3 Å².